The third kappa shape index (κ3) is 2.97. The Labute approximate surface area is 117 Å². The van der Waals surface area contributed by atoms with E-state index in [1.165, 1.54) is 27.8 Å². The van der Waals surface area contributed by atoms with Crippen molar-refractivity contribution in [3.8, 4) is 11.1 Å². The highest BCUT2D eigenvalue weighted by Gasteiger charge is 2.03. The molecule has 0 radical (unpaired) electrons. The van der Waals surface area contributed by atoms with E-state index in [-0.39, 0.29) is 0 Å². The molecule has 0 amide bonds. The van der Waals surface area contributed by atoms with Crippen LogP contribution in [0.1, 0.15) is 16.7 Å². The number of aryl methyl sites for hydroxylation is 2. The Balaban J connectivity index is 2.56. The van der Waals surface area contributed by atoms with E-state index in [0.29, 0.717) is 0 Å². The first kappa shape index (κ1) is 12.4. The summed E-state index contributed by atoms with van der Waals surface area (Å²) in [5.41, 5.74) is 6.45. The highest BCUT2D eigenvalue weighted by atomic mass is 127. The molecule has 17 heavy (non-hydrogen) atoms. The molecule has 0 bridgehead atoms. The summed E-state index contributed by atoms with van der Waals surface area (Å²) in [6.07, 6.45) is 2.15. The fraction of sp³-hybridized carbons (Fsp3) is 0.125. The van der Waals surface area contributed by atoms with Crippen molar-refractivity contribution < 1.29 is 0 Å². The van der Waals surface area contributed by atoms with Crippen molar-refractivity contribution in [2.45, 2.75) is 13.8 Å². The maximum absolute atomic E-state index is 2.26. The molecule has 0 N–H and O–H groups in total. The minimum atomic E-state index is 1.27. The second-order valence-electron chi connectivity index (χ2n) is 4.25. The lowest BCUT2D eigenvalue weighted by molar-refractivity contribution is 1.43. The van der Waals surface area contributed by atoms with Crippen molar-refractivity contribution in [2.24, 2.45) is 0 Å². The molecule has 2 aromatic carbocycles. The molecule has 0 saturated heterocycles. The first-order valence-corrected chi connectivity index (χ1v) is 6.90. The summed E-state index contributed by atoms with van der Waals surface area (Å²) in [7, 11) is 0. The van der Waals surface area contributed by atoms with Gasteiger partial charge in [-0.3, -0.25) is 0 Å². The van der Waals surface area contributed by atoms with Crippen LogP contribution in [-0.2, 0) is 0 Å². The fourth-order valence-corrected chi connectivity index (χ4v) is 2.25. The third-order valence-corrected chi connectivity index (χ3v) is 3.17. The molecule has 2 rings (SSSR count). The van der Waals surface area contributed by atoms with Crippen LogP contribution in [0.25, 0.3) is 17.2 Å². The van der Waals surface area contributed by atoms with Gasteiger partial charge >= 0.3 is 0 Å². The second kappa shape index (κ2) is 5.50. The number of rotatable bonds is 2. The lowest BCUT2D eigenvalue weighted by Crippen LogP contribution is -1.85. The summed E-state index contributed by atoms with van der Waals surface area (Å²) in [5, 5.41) is 0. The van der Waals surface area contributed by atoms with Crippen molar-refractivity contribution in [1.82, 2.24) is 0 Å². The van der Waals surface area contributed by atoms with Crippen LogP contribution in [0.15, 0.2) is 46.5 Å². The Hall–Kier alpha value is -1.09. The van der Waals surface area contributed by atoms with E-state index in [1.54, 1.807) is 0 Å². The van der Waals surface area contributed by atoms with Crippen LogP contribution in [-0.4, -0.2) is 0 Å². The highest BCUT2D eigenvalue weighted by Crippen LogP contribution is 2.26. The Bertz CT molecular complexity index is 536. The molecule has 0 aliphatic rings. The summed E-state index contributed by atoms with van der Waals surface area (Å²) >= 11 is 2.26. The predicted octanol–water partition coefficient (Wildman–Crippen LogP) is 5.38. The first-order chi connectivity index (χ1) is 8.20. The molecule has 0 heterocycles. The quantitative estimate of drug-likeness (QED) is 0.647. The Morgan fingerprint density at radius 1 is 0.882 bits per heavy atom. The number of halogens is 1. The highest BCUT2D eigenvalue weighted by molar-refractivity contribution is 14.1. The van der Waals surface area contributed by atoms with E-state index in [4.69, 9.17) is 0 Å². The largest absolute Gasteiger partial charge is 0.0587 e. The van der Waals surface area contributed by atoms with Crippen LogP contribution < -0.4 is 0 Å². The number of benzene rings is 2. The molecule has 0 aliphatic heterocycles. The Kier molecular flexibility index (Phi) is 4.00. The van der Waals surface area contributed by atoms with E-state index >= 15 is 0 Å². The van der Waals surface area contributed by atoms with Gasteiger partial charge in [0, 0.05) is 0 Å². The smallest absolute Gasteiger partial charge is 0.0109 e. The molecular formula is C16H15I. The summed E-state index contributed by atoms with van der Waals surface area (Å²) in [5.74, 6) is 0. The maximum Gasteiger partial charge on any atom is -0.0109 e. The van der Waals surface area contributed by atoms with Gasteiger partial charge in [-0.25, -0.2) is 0 Å². The van der Waals surface area contributed by atoms with Gasteiger partial charge in [0.05, 0.1) is 0 Å². The van der Waals surface area contributed by atoms with Crippen LogP contribution in [0.4, 0.5) is 0 Å². The molecule has 0 saturated carbocycles. The van der Waals surface area contributed by atoms with Crippen LogP contribution in [0.3, 0.4) is 0 Å². The van der Waals surface area contributed by atoms with Crippen LogP contribution in [0.5, 0.6) is 0 Å². The van der Waals surface area contributed by atoms with Crippen LogP contribution in [0, 0.1) is 13.8 Å². The van der Waals surface area contributed by atoms with Crippen molar-refractivity contribution in [1.29, 1.82) is 0 Å². The van der Waals surface area contributed by atoms with Crippen molar-refractivity contribution in [3.05, 3.63) is 63.2 Å². The molecule has 0 fully saturated rings. The summed E-state index contributed by atoms with van der Waals surface area (Å²) in [6.45, 7) is 4.25. The number of hydrogen-bond donors (Lipinski definition) is 0. The van der Waals surface area contributed by atoms with E-state index in [1.807, 2.05) is 0 Å². The zero-order chi connectivity index (χ0) is 12.3. The molecular weight excluding hydrogens is 319 g/mol. The van der Waals surface area contributed by atoms with Gasteiger partial charge < -0.3 is 0 Å². The summed E-state index contributed by atoms with van der Waals surface area (Å²) in [4.78, 5) is 0. The Morgan fingerprint density at radius 2 is 1.53 bits per heavy atom. The van der Waals surface area contributed by atoms with Crippen molar-refractivity contribution >= 4 is 28.7 Å². The van der Waals surface area contributed by atoms with Crippen LogP contribution >= 0.6 is 22.6 Å². The lowest BCUT2D eigenvalue weighted by Gasteiger charge is -2.08. The normalized spacial score (nSPS) is 11.0. The van der Waals surface area contributed by atoms with E-state index in [0.717, 1.165) is 0 Å². The zero-order valence-corrected chi connectivity index (χ0v) is 12.2. The summed E-state index contributed by atoms with van der Waals surface area (Å²) in [6, 6.07) is 15.3. The van der Waals surface area contributed by atoms with Gasteiger partial charge in [-0.15, -0.1) is 0 Å². The summed E-state index contributed by atoms with van der Waals surface area (Å²) < 4.78 is 2.06. The molecule has 1 heteroatoms. The molecule has 86 valence electrons. The molecule has 2 aromatic rings. The SMILES string of the molecule is Cc1ccc(-c2cc(C)ccc2/C=C/I)cc1. The average Bonchev–Trinajstić information content (AvgIpc) is 2.33. The zero-order valence-electron chi connectivity index (χ0n) is 10.1. The van der Waals surface area contributed by atoms with Gasteiger partial charge in [-0.1, -0.05) is 76.2 Å². The standard InChI is InChI=1S/C16H15I/c1-12-3-6-14(7-4-12)16-11-13(2)5-8-15(16)9-10-17/h3-11H,1-2H3/b10-9+. The topological polar surface area (TPSA) is 0 Å². The second-order valence-corrected chi connectivity index (χ2v) is 4.97. The van der Waals surface area contributed by atoms with Gasteiger partial charge in [0.1, 0.15) is 0 Å². The van der Waals surface area contributed by atoms with Gasteiger partial charge in [0.2, 0.25) is 0 Å². The van der Waals surface area contributed by atoms with Crippen molar-refractivity contribution in [3.63, 3.8) is 0 Å². The minimum Gasteiger partial charge on any atom is -0.0587 e. The minimum absolute atomic E-state index is 1.27. The first-order valence-electron chi connectivity index (χ1n) is 5.65. The van der Waals surface area contributed by atoms with E-state index in [2.05, 4.69) is 89.1 Å². The molecule has 0 aromatic heterocycles. The molecule has 0 unspecified atom stereocenters. The molecule has 0 aliphatic carbocycles. The maximum atomic E-state index is 2.26. The number of hydrogen-bond acceptors (Lipinski definition) is 0. The van der Waals surface area contributed by atoms with E-state index in [9.17, 15) is 0 Å². The van der Waals surface area contributed by atoms with Crippen LogP contribution in [0.2, 0.25) is 0 Å². The van der Waals surface area contributed by atoms with Gasteiger partial charge in [0.15, 0.2) is 0 Å². The van der Waals surface area contributed by atoms with Gasteiger partial charge in [-0.05, 0) is 40.7 Å². The van der Waals surface area contributed by atoms with Gasteiger partial charge in [-0.2, -0.15) is 0 Å². The monoisotopic (exact) mass is 334 g/mol. The predicted molar refractivity (Wildman–Crippen MR) is 84.4 cm³/mol. The van der Waals surface area contributed by atoms with E-state index < -0.39 is 0 Å². The lowest BCUT2D eigenvalue weighted by atomic mass is 9.97. The average molecular weight is 334 g/mol. The molecule has 0 nitrogen and oxygen atoms in total. The van der Waals surface area contributed by atoms with Crippen molar-refractivity contribution in [2.75, 3.05) is 0 Å². The molecule has 0 atom stereocenters. The Morgan fingerprint density at radius 3 is 2.18 bits per heavy atom. The van der Waals surface area contributed by atoms with Gasteiger partial charge in [0.25, 0.3) is 0 Å². The molecule has 0 spiro atoms. The fourth-order valence-electron chi connectivity index (χ4n) is 1.87. The third-order valence-electron chi connectivity index (χ3n) is 2.81.